The number of ether oxygens (including phenoxy) is 4. The van der Waals surface area contributed by atoms with Gasteiger partial charge in [0, 0.05) is 13.0 Å². The second-order valence-electron chi connectivity index (χ2n) is 6.73. The fraction of sp³-hybridized carbons (Fsp3) is 0.400. The number of rotatable bonds is 5. The predicted molar refractivity (Wildman–Crippen MR) is 98.7 cm³/mol. The SMILES string of the molecule is COc1cc(/C=C/C(=O)O[C@@H]2[C@H](OC(C)=O)[C@@H](O)[C@@H]3CC=C[C@@]2(O)O3)ccc1O. The average Bonchev–Trinajstić information content (AvgIpc) is 2.68. The van der Waals surface area contributed by atoms with Crippen molar-refractivity contribution < 1.29 is 43.9 Å². The molecule has 1 aromatic carbocycles. The number of hydrogen-bond donors (Lipinski definition) is 3. The minimum Gasteiger partial charge on any atom is -0.504 e. The van der Waals surface area contributed by atoms with Crippen LogP contribution < -0.4 is 4.74 Å². The molecule has 29 heavy (non-hydrogen) atoms. The van der Waals surface area contributed by atoms with E-state index in [1.807, 2.05) is 0 Å². The van der Waals surface area contributed by atoms with Crippen LogP contribution in [0.3, 0.4) is 0 Å². The van der Waals surface area contributed by atoms with E-state index in [1.54, 1.807) is 12.1 Å². The molecule has 2 aliphatic heterocycles. The van der Waals surface area contributed by atoms with Crippen LogP contribution in [0.4, 0.5) is 0 Å². The first kappa shape index (κ1) is 20.8. The molecule has 156 valence electrons. The van der Waals surface area contributed by atoms with Gasteiger partial charge in [-0.1, -0.05) is 12.1 Å². The van der Waals surface area contributed by atoms with E-state index >= 15 is 0 Å². The topological polar surface area (TPSA) is 132 Å². The number of fused-ring (bicyclic) bond motifs is 2. The van der Waals surface area contributed by atoms with Crippen LogP contribution in [0.1, 0.15) is 18.9 Å². The summed E-state index contributed by atoms with van der Waals surface area (Å²) in [6, 6.07) is 4.47. The van der Waals surface area contributed by atoms with Gasteiger partial charge in [0.15, 0.2) is 23.7 Å². The summed E-state index contributed by atoms with van der Waals surface area (Å²) in [5.74, 6) is -3.42. The first-order chi connectivity index (χ1) is 13.7. The van der Waals surface area contributed by atoms with Crippen molar-refractivity contribution in [1.82, 2.24) is 0 Å². The van der Waals surface area contributed by atoms with Gasteiger partial charge in [-0.25, -0.2) is 4.79 Å². The van der Waals surface area contributed by atoms with Crippen molar-refractivity contribution in [2.75, 3.05) is 7.11 Å². The predicted octanol–water partition coefficient (Wildman–Crippen LogP) is 0.666. The number of esters is 2. The monoisotopic (exact) mass is 406 g/mol. The smallest absolute Gasteiger partial charge is 0.331 e. The van der Waals surface area contributed by atoms with Gasteiger partial charge in [0.05, 0.1) is 13.2 Å². The molecule has 1 aromatic rings. The molecule has 0 radical (unpaired) electrons. The van der Waals surface area contributed by atoms with Crippen LogP contribution in [0.25, 0.3) is 6.08 Å². The molecule has 9 nitrogen and oxygen atoms in total. The lowest BCUT2D eigenvalue weighted by atomic mass is 9.87. The summed E-state index contributed by atoms with van der Waals surface area (Å²) in [5.41, 5.74) is 0.546. The zero-order valence-corrected chi connectivity index (χ0v) is 15.8. The van der Waals surface area contributed by atoms with Gasteiger partial charge < -0.3 is 34.3 Å². The number of phenolic OH excluding ortho intramolecular Hbond substituents is 1. The summed E-state index contributed by atoms with van der Waals surface area (Å²) in [6.45, 7) is 1.15. The molecule has 2 heterocycles. The summed E-state index contributed by atoms with van der Waals surface area (Å²) in [4.78, 5) is 23.8. The molecule has 0 amide bonds. The van der Waals surface area contributed by atoms with Crippen LogP contribution >= 0.6 is 0 Å². The molecule has 0 aromatic heterocycles. The highest BCUT2D eigenvalue weighted by molar-refractivity contribution is 5.87. The number of phenols is 1. The molecule has 3 rings (SSSR count). The van der Waals surface area contributed by atoms with Crippen molar-refractivity contribution in [3.8, 4) is 11.5 Å². The van der Waals surface area contributed by atoms with Crippen molar-refractivity contribution in [1.29, 1.82) is 0 Å². The Morgan fingerprint density at radius 3 is 2.76 bits per heavy atom. The molecule has 0 spiro atoms. The third kappa shape index (κ3) is 4.42. The van der Waals surface area contributed by atoms with Gasteiger partial charge >= 0.3 is 11.9 Å². The number of hydrogen-bond acceptors (Lipinski definition) is 9. The molecule has 0 unspecified atom stereocenters. The Morgan fingerprint density at radius 2 is 2.07 bits per heavy atom. The van der Waals surface area contributed by atoms with Gasteiger partial charge in [-0.05, 0) is 36.3 Å². The maximum Gasteiger partial charge on any atom is 0.331 e. The fourth-order valence-electron chi connectivity index (χ4n) is 3.30. The van der Waals surface area contributed by atoms with E-state index in [9.17, 15) is 24.9 Å². The van der Waals surface area contributed by atoms with E-state index in [-0.39, 0.29) is 11.5 Å². The van der Waals surface area contributed by atoms with Gasteiger partial charge in [-0.3, -0.25) is 4.79 Å². The number of carbonyl (C=O) groups excluding carboxylic acids is 2. The van der Waals surface area contributed by atoms with Crippen molar-refractivity contribution in [2.45, 2.75) is 43.5 Å². The standard InChI is InChI=1S/C20H22O9/c1-11(21)27-18-17(24)14-4-3-9-20(25,29-14)19(18)28-16(23)8-6-12-5-7-13(22)15(10-12)26-2/h3,5-10,14,17-19,22,24-25H,4H2,1-2H3/b8-6+/t14-,17-,18+,19+,20+/m0/s1. The van der Waals surface area contributed by atoms with Crippen molar-refractivity contribution in [3.05, 3.63) is 42.0 Å². The quantitative estimate of drug-likeness (QED) is 0.367. The largest absolute Gasteiger partial charge is 0.504 e. The highest BCUT2D eigenvalue weighted by atomic mass is 16.7. The van der Waals surface area contributed by atoms with Crippen molar-refractivity contribution >= 4 is 18.0 Å². The van der Waals surface area contributed by atoms with Gasteiger partial charge in [0.2, 0.25) is 5.79 Å². The third-order valence-corrected chi connectivity index (χ3v) is 4.65. The van der Waals surface area contributed by atoms with E-state index in [0.29, 0.717) is 12.0 Å². The lowest BCUT2D eigenvalue weighted by Gasteiger charge is -2.48. The molecule has 3 N–H and O–H groups in total. The Labute approximate surface area is 166 Å². The number of aliphatic hydroxyl groups is 2. The first-order valence-corrected chi connectivity index (χ1v) is 8.92. The Bertz CT molecular complexity index is 846. The maximum absolute atomic E-state index is 12.3. The Kier molecular flexibility index (Phi) is 5.92. The molecule has 2 bridgehead atoms. The van der Waals surface area contributed by atoms with Gasteiger partial charge in [-0.2, -0.15) is 0 Å². The Hall–Kier alpha value is -2.88. The maximum atomic E-state index is 12.3. The molecular weight excluding hydrogens is 384 g/mol. The molecule has 1 fully saturated rings. The van der Waals surface area contributed by atoms with Gasteiger partial charge in [0.25, 0.3) is 0 Å². The van der Waals surface area contributed by atoms with Gasteiger partial charge in [-0.15, -0.1) is 0 Å². The second kappa shape index (κ2) is 8.24. The average molecular weight is 406 g/mol. The number of carbonyl (C=O) groups is 2. The Morgan fingerprint density at radius 1 is 1.31 bits per heavy atom. The highest BCUT2D eigenvalue weighted by Crippen LogP contribution is 2.37. The Balaban J connectivity index is 1.79. The molecule has 0 aliphatic carbocycles. The van der Waals surface area contributed by atoms with Gasteiger partial charge in [0.1, 0.15) is 6.10 Å². The summed E-state index contributed by atoms with van der Waals surface area (Å²) < 4.78 is 20.8. The van der Waals surface area contributed by atoms with Crippen LogP contribution in [-0.2, 0) is 23.8 Å². The first-order valence-electron chi connectivity index (χ1n) is 8.92. The normalized spacial score (nSPS) is 30.8. The molecular formula is C20H22O9. The van der Waals surface area contributed by atoms with Crippen LogP contribution in [0, 0.1) is 0 Å². The molecule has 9 heteroatoms. The van der Waals surface area contributed by atoms with E-state index in [0.717, 1.165) is 13.0 Å². The van der Waals surface area contributed by atoms with E-state index in [4.69, 9.17) is 18.9 Å². The fourth-order valence-corrected chi connectivity index (χ4v) is 3.30. The summed E-state index contributed by atoms with van der Waals surface area (Å²) in [5, 5.41) is 30.8. The lowest BCUT2D eigenvalue weighted by Crippen LogP contribution is -2.66. The second-order valence-corrected chi connectivity index (χ2v) is 6.73. The summed E-state index contributed by atoms with van der Waals surface area (Å²) in [7, 11) is 1.39. The number of benzene rings is 1. The zero-order chi connectivity index (χ0) is 21.2. The lowest BCUT2D eigenvalue weighted by molar-refractivity contribution is -0.329. The summed E-state index contributed by atoms with van der Waals surface area (Å²) in [6.07, 6.45) is 0.855. The van der Waals surface area contributed by atoms with E-state index in [1.165, 1.54) is 31.4 Å². The van der Waals surface area contributed by atoms with E-state index < -0.39 is 42.1 Å². The highest BCUT2D eigenvalue weighted by Gasteiger charge is 2.57. The van der Waals surface area contributed by atoms with Crippen molar-refractivity contribution in [2.24, 2.45) is 0 Å². The number of aromatic hydroxyl groups is 1. The molecule has 5 atom stereocenters. The number of aliphatic hydroxyl groups excluding tert-OH is 1. The van der Waals surface area contributed by atoms with Crippen molar-refractivity contribution in [3.63, 3.8) is 0 Å². The van der Waals surface area contributed by atoms with Crippen LogP contribution in [-0.4, -0.2) is 64.6 Å². The number of methoxy groups -OCH3 is 1. The van der Waals surface area contributed by atoms with E-state index in [2.05, 4.69) is 0 Å². The molecule has 2 aliphatic rings. The zero-order valence-electron chi connectivity index (χ0n) is 15.8. The van der Waals surface area contributed by atoms with Crippen LogP contribution in [0.5, 0.6) is 11.5 Å². The minimum absolute atomic E-state index is 0.0503. The summed E-state index contributed by atoms with van der Waals surface area (Å²) >= 11 is 0. The molecule has 0 saturated carbocycles. The minimum atomic E-state index is -2.03. The molecule has 1 saturated heterocycles. The van der Waals surface area contributed by atoms with Crippen LogP contribution in [0.15, 0.2) is 36.4 Å². The van der Waals surface area contributed by atoms with Crippen LogP contribution in [0.2, 0.25) is 0 Å². The third-order valence-electron chi connectivity index (χ3n) is 4.65.